The Morgan fingerprint density at radius 1 is 1.00 bits per heavy atom. The maximum atomic E-state index is 6.23. The Balaban J connectivity index is 2.52. The minimum Gasteiger partial charge on any atom is -0.113 e. The molecule has 0 nitrogen and oxygen atoms in total. The van der Waals surface area contributed by atoms with E-state index in [0.717, 1.165) is 0 Å². The summed E-state index contributed by atoms with van der Waals surface area (Å²) in [5.41, 5.74) is 2.50. The van der Waals surface area contributed by atoms with Crippen molar-refractivity contribution < 1.29 is 0 Å². The van der Waals surface area contributed by atoms with E-state index in [2.05, 4.69) is 42.5 Å². The van der Waals surface area contributed by atoms with E-state index in [0.29, 0.717) is 0 Å². The van der Waals surface area contributed by atoms with Gasteiger partial charge in [0.1, 0.15) is 0 Å². The van der Waals surface area contributed by atoms with Gasteiger partial charge in [0.15, 0.2) is 0 Å². The Hall–Kier alpha value is -1.27. The topological polar surface area (TPSA) is 0 Å². The van der Waals surface area contributed by atoms with Crippen molar-refractivity contribution in [3.63, 3.8) is 0 Å². The van der Waals surface area contributed by atoms with E-state index in [-0.39, 0.29) is 5.38 Å². The first-order chi connectivity index (χ1) is 6.86. The van der Waals surface area contributed by atoms with Gasteiger partial charge < -0.3 is 0 Å². The van der Waals surface area contributed by atoms with Crippen LogP contribution in [0.15, 0.2) is 42.5 Å². The lowest BCUT2D eigenvalue weighted by Gasteiger charge is -2.16. The van der Waals surface area contributed by atoms with Gasteiger partial charge in [-0.05, 0) is 21.9 Å². The van der Waals surface area contributed by atoms with Crippen molar-refractivity contribution in [1.82, 2.24) is 0 Å². The van der Waals surface area contributed by atoms with Gasteiger partial charge >= 0.3 is 0 Å². The minimum absolute atomic E-state index is 0.0219. The van der Waals surface area contributed by atoms with Gasteiger partial charge in [0.25, 0.3) is 0 Å². The van der Waals surface area contributed by atoms with Gasteiger partial charge in [-0.3, -0.25) is 0 Å². The normalized spacial score (nSPS) is 18.8. The number of halogens is 1. The monoisotopic (exact) mass is 200 g/mol. The Bertz CT molecular complexity index is 520. The van der Waals surface area contributed by atoms with Crippen LogP contribution >= 0.6 is 11.6 Å². The van der Waals surface area contributed by atoms with Gasteiger partial charge in [0.05, 0.1) is 5.38 Å². The zero-order valence-corrected chi connectivity index (χ0v) is 8.33. The van der Waals surface area contributed by atoms with Gasteiger partial charge in [-0.2, -0.15) is 0 Å². The quantitative estimate of drug-likeness (QED) is 0.561. The largest absolute Gasteiger partial charge is 0.113 e. The smallest absolute Gasteiger partial charge is 0.0775 e. The summed E-state index contributed by atoms with van der Waals surface area (Å²) in [4.78, 5) is 0. The van der Waals surface area contributed by atoms with Gasteiger partial charge in [0, 0.05) is 0 Å². The molecule has 0 fully saturated rings. The summed E-state index contributed by atoms with van der Waals surface area (Å²) in [5.74, 6) is 0. The molecule has 0 heterocycles. The van der Waals surface area contributed by atoms with Crippen LogP contribution in [0.3, 0.4) is 0 Å². The van der Waals surface area contributed by atoms with Crippen molar-refractivity contribution in [3.05, 3.63) is 53.6 Å². The van der Waals surface area contributed by atoms with E-state index in [4.69, 9.17) is 11.6 Å². The summed E-state index contributed by atoms with van der Waals surface area (Å²) in [6.07, 6.45) is 4.14. The van der Waals surface area contributed by atoms with Gasteiger partial charge in [0.2, 0.25) is 0 Å². The third-order valence-electron chi connectivity index (χ3n) is 2.71. The molecule has 3 rings (SSSR count). The molecule has 0 bridgehead atoms. The van der Waals surface area contributed by atoms with E-state index in [1.807, 2.05) is 6.08 Å². The molecule has 0 amide bonds. The molecular weight excluding hydrogens is 192 g/mol. The summed E-state index contributed by atoms with van der Waals surface area (Å²) in [6, 6.07) is 12.6. The fourth-order valence-corrected chi connectivity index (χ4v) is 2.31. The number of allylic oxidation sites excluding steroid dienone is 1. The van der Waals surface area contributed by atoms with Crippen molar-refractivity contribution in [3.8, 4) is 0 Å². The molecule has 0 N–H and O–H groups in total. The third-order valence-corrected chi connectivity index (χ3v) is 3.09. The summed E-state index contributed by atoms with van der Waals surface area (Å²) in [5, 5.41) is 2.60. The number of rotatable bonds is 0. The Labute approximate surface area is 87.8 Å². The Morgan fingerprint density at radius 2 is 1.79 bits per heavy atom. The van der Waals surface area contributed by atoms with Crippen molar-refractivity contribution in [1.29, 1.82) is 0 Å². The van der Waals surface area contributed by atoms with Crippen LogP contribution in [-0.2, 0) is 0 Å². The molecule has 0 aliphatic heterocycles. The predicted octanol–water partition coefficient (Wildman–Crippen LogP) is 4.15. The van der Waals surface area contributed by atoms with Crippen LogP contribution < -0.4 is 0 Å². The second kappa shape index (κ2) is 2.86. The highest BCUT2D eigenvalue weighted by Gasteiger charge is 2.14. The minimum atomic E-state index is 0.0219. The average molecular weight is 201 g/mol. The molecule has 0 saturated heterocycles. The van der Waals surface area contributed by atoms with E-state index < -0.39 is 0 Å². The van der Waals surface area contributed by atoms with E-state index in [9.17, 15) is 0 Å². The molecule has 1 atom stereocenters. The average Bonchev–Trinajstić information content (AvgIpc) is 2.24. The molecule has 1 aliphatic rings. The van der Waals surface area contributed by atoms with Crippen LogP contribution in [0.5, 0.6) is 0 Å². The molecule has 2 aromatic rings. The van der Waals surface area contributed by atoms with Crippen molar-refractivity contribution >= 4 is 28.4 Å². The predicted molar refractivity (Wildman–Crippen MR) is 61.6 cm³/mol. The van der Waals surface area contributed by atoms with Gasteiger partial charge in [-0.25, -0.2) is 0 Å². The molecule has 2 aromatic carbocycles. The number of hydrogen-bond acceptors (Lipinski definition) is 0. The van der Waals surface area contributed by atoms with Crippen molar-refractivity contribution in [2.24, 2.45) is 0 Å². The highest BCUT2D eigenvalue weighted by atomic mass is 35.5. The number of benzene rings is 2. The second-order valence-corrected chi connectivity index (χ2v) is 4.02. The maximum absolute atomic E-state index is 6.23. The standard InChI is InChI=1S/C13H9Cl/c14-12-8-7-10-4-1-3-9-5-2-6-11(12)13(9)10/h1-8,12H. The van der Waals surface area contributed by atoms with E-state index in [1.165, 1.54) is 21.9 Å². The molecule has 0 radical (unpaired) electrons. The van der Waals surface area contributed by atoms with Crippen LogP contribution in [-0.4, -0.2) is 0 Å². The van der Waals surface area contributed by atoms with Crippen LogP contribution in [0.1, 0.15) is 16.5 Å². The lowest BCUT2D eigenvalue weighted by Crippen LogP contribution is -1.94. The lowest BCUT2D eigenvalue weighted by molar-refractivity contribution is 1.23. The second-order valence-electron chi connectivity index (χ2n) is 3.55. The highest BCUT2D eigenvalue weighted by molar-refractivity contribution is 6.24. The third kappa shape index (κ3) is 1.01. The molecule has 1 heteroatoms. The lowest BCUT2D eigenvalue weighted by atomic mass is 9.93. The van der Waals surface area contributed by atoms with Crippen molar-refractivity contribution in [2.75, 3.05) is 0 Å². The first-order valence-corrected chi connectivity index (χ1v) is 5.14. The molecule has 14 heavy (non-hydrogen) atoms. The number of alkyl halides is 1. The Morgan fingerprint density at radius 3 is 2.64 bits per heavy atom. The van der Waals surface area contributed by atoms with Crippen LogP contribution in [0.25, 0.3) is 16.8 Å². The van der Waals surface area contributed by atoms with Gasteiger partial charge in [-0.15, -0.1) is 11.6 Å². The fourth-order valence-electron chi connectivity index (χ4n) is 2.06. The summed E-state index contributed by atoms with van der Waals surface area (Å²) in [7, 11) is 0. The maximum Gasteiger partial charge on any atom is 0.0775 e. The van der Waals surface area contributed by atoms with Crippen LogP contribution in [0, 0.1) is 0 Å². The Kier molecular flexibility index (Phi) is 1.65. The first kappa shape index (κ1) is 8.07. The summed E-state index contributed by atoms with van der Waals surface area (Å²) < 4.78 is 0. The summed E-state index contributed by atoms with van der Waals surface area (Å²) >= 11 is 6.23. The molecule has 0 spiro atoms. The van der Waals surface area contributed by atoms with E-state index in [1.54, 1.807) is 0 Å². The fraction of sp³-hybridized carbons (Fsp3) is 0.0769. The first-order valence-electron chi connectivity index (χ1n) is 4.70. The van der Waals surface area contributed by atoms with Crippen molar-refractivity contribution in [2.45, 2.75) is 5.38 Å². The molecule has 1 unspecified atom stereocenters. The zero-order chi connectivity index (χ0) is 9.54. The molecule has 1 aliphatic carbocycles. The molecule has 68 valence electrons. The van der Waals surface area contributed by atoms with E-state index >= 15 is 0 Å². The highest BCUT2D eigenvalue weighted by Crippen LogP contribution is 2.36. The number of hydrogen-bond donors (Lipinski definition) is 0. The molecule has 0 aromatic heterocycles. The van der Waals surface area contributed by atoms with Crippen LogP contribution in [0.2, 0.25) is 0 Å². The van der Waals surface area contributed by atoms with Crippen LogP contribution in [0.4, 0.5) is 0 Å². The summed E-state index contributed by atoms with van der Waals surface area (Å²) in [6.45, 7) is 0. The molecular formula is C13H9Cl. The molecule has 0 saturated carbocycles. The zero-order valence-electron chi connectivity index (χ0n) is 7.57. The van der Waals surface area contributed by atoms with Gasteiger partial charge in [-0.1, -0.05) is 48.6 Å². The SMILES string of the molecule is ClC1C=Cc2cccc3cccc1c23.